The Kier molecular flexibility index (Phi) is 6.26. The van der Waals surface area contributed by atoms with Crippen molar-refractivity contribution in [3.05, 3.63) is 34.4 Å². The fourth-order valence-electron chi connectivity index (χ4n) is 3.22. The molecule has 4 N–H and O–H groups in total. The summed E-state index contributed by atoms with van der Waals surface area (Å²) in [6.45, 7) is 13.3. The molecule has 0 aromatic heterocycles. The first-order valence-electron chi connectivity index (χ1n) is 8.50. The first-order chi connectivity index (χ1) is 10.8. The van der Waals surface area contributed by atoms with Gasteiger partial charge in [0.25, 0.3) is 0 Å². The predicted octanol–water partition coefficient (Wildman–Crippen LogP) is 2.59. The van der Waals surface area contributed by atoms with Gasteiger partial charge in [-0.3, -0.25) is 0 Å². The molecular formula is C20H34O4. The summed E-state index contributed by atoms with van der Waals surface area (Å²) in [4.78, 5) is 0. The van der Waals surface area contributed by atoms with Gasteiger partial charge in [0.15, 0.2) is 0 Å². The Bertz CT molecular complexity index is 517. The smallest absolute Gasteiger partial charge is 0.0912 e. The van der Waals surface area contributed by atoms with E-state index in [-0.39, 0.29) is 10.8 Å². The quantitative estimate of drug-likeness (QED) is 0.665. The second-order valence-electron chi connectivity index (χ2n) is 8.98. The van der Waals surface area contributed by atoms with Gasteiger partial charge in [0, 0.05) is 0 Å². The van der Waals surface area contributed by atoms with Crippen molar-refractivity contribution < 1.29 is 20.4 Å². The lowest BCUT2D eigenvalue weighted by atomic mass is 9.73. The van der Waals surface area contributed by atoms with Crippen LogP contribution < -0.4 is 0 Å². The van der Waals surface area contributed by atoms with Gasteiger partial charge in [-0.05, 0) is 40.0 Å². The van der Waals surface area contributed by atoms with Crippen molar-refractivity contribution in [2.24, 2.45) is 5.41 Å². The third kappa shape index (κ3) is 3.99. The van der Waals surface area contributed by atoms with E-state index in [0.717, 1.165) is 11.1 Å². The van der Waals surface area contributed by atoms with E-state index in [9.17, 15) is 20.4 Å². The zero-order chi connectivity index (χ0) is 18.9. The maximum Gasteiger partial charge on any atom is 0.0912 e. The van der Waals surface area contributed by atoms with Gasteiger partial charge in [0.05, 0.1) is 31.3 Å². The fraction of sp³-hybridized carbons (Fsp3) is 0.700. The molecule has 1 rings (SSSR count). The summed E-state index contributed by atoms with van der Waals surface area (Å²) in [5.74, 6) is 0. The Labute approximate surface area is 146 Å². The van der Waals surface area contributed by atoms with Crippen LogP contribution in [0.5, 0.6) is 0 Å². The molecule has 0 radical (unpaired) electrons. The monoisotopic (exact) mass is 338 g/mol. The van der Waals surface area contributed by atoms with Crippen LogP contribution in [-0.2, 0) is 10.8 Å². The minimum absolute atomic E-state index is 0.111. The van der Waals surface area contributed by atoms with Crippen molar-refractivity contribution in [2.75, 3.05) is 19.8 Å². The zero-order valence-corrected chi connectivity index (χ0v) is 16.1. The van der Waals surface area contributed by atoms with Crippen LogP contribution in [0.3, 0.4) is 0 Å². The fourth-order valence-corrected chi connectivity index (χ4v) is 3.22. The molecule has 0 amide bonds. The highest BCUT2D eigenvalue weighted by molar-refractivity contribution is 5.46. The molecule has 0 aliphatic heterocycles. The summed E-state index contributed by atoms with van der Waals surface area (Å²) in [6, 6.07) is 3.87. The molecule has 4 nitrogen and oxygen atoms in total. The second-order valence-corrected chi connectivity index (χ2v) is 8.98. The lowest BCUT2D eigenvalue weighted by Gasteiger charge is -2.36. The number of hydrogen-bond acceptors (Lipinski definition) is 4. The van der Waals surface area contributed by atoms with Crippen LogP contribution in [0.25, 0.3) is 0 Å². The minimum Gasteiger partial charge on any atom is -0.395 e. The van der Waals surface area contributed by atoms with Crippen molar-refractivity contribution in [3.63, 3.8) is 0 Å². The van der Waals surface area contributed by atoms with E-state index in [4.69, 9.17) is 0 Å². The number of aliphatic hydroxyl groups is 4. The molecule has 0 bridgehead atoms. The molecule has 1 atom stereocenters. The van der Waals surface area contributed by atoms with E-state index < -0.39 is 31.3 Å². The van der Waals surface area contributed by atoms with Gasteiger partial charge in [-0.15, -0.1) is 0 Å². The molecule has 0 saturated carbocycles. The summed E-state index contributed by atoms with van der Waals surface area (Å²) in [5.41, 5.74) is 2.46. The van der Waals surface area contributed by atoms with Crippen LogP contribution in [-0.4, -0.2) is 40.2 Å². The molecule has 1 aromatic rings. The number of aliphatic hydroxyl groups excluding tert-OH is 4. The predicted molar refractivity (Wildman–Crippen MR) is 97.2 cm³/mol. The average molecular weight is 338 g/mol. The third-order valence-corrected chi connectivity index (χ3v) is 4.89. The van der Waals surface area contributed by atoms with Gasteiger partial charge in [-0.1, -0.05) is 53.7 Å². The van der Waals surface area contributed by atoms with Gasteiger partial charge in [0.1, 0.15) is 0 Å². The second kappa shape index (κ2) is 7.12. The van der Waals surface area contributed by atoms with Gasteiger partial charge >= 0.3 is 0 Å². The van der Waals surface area contributed by atoms with Gasteiger partial charge < -0.3 is 20.4 Å². The van der Waals surface area contributed by atoms with Crippen LogP contribution in [0.1, 0.15) is 69.9 Å². The molecule has 0 saturated heterocycles. The first-order valence-corrected chi connectivity index (χ1v) is 8.50. The van der Waals surface area contributed by atoms with Crippen LogP contribution in [0.15, 0.2) is 12.1 Å². The van der Waals surface area contributed by atoms with Crippen LogP contribution in [0.4, 0.5) is 0 Å². The summed E-state index contributed by atoms with van der Waals surface area (Å²) in [6.07, 6.45) is -1.15. The lowest BCUT2D eigenvalue weighted by Crippen LogP contribution is -2.40. The van der Waals surface area contributed by atoms with Gasteiger partial charge in [0.2, 0.25) is 0 Å². The van der Waals surface area contributed by atoms with Crippen LogP contribution >= 0.6 is 0 Å². The Morgan fingerprint density at radius 1 is 0.792 bits per heavy atom. The SMILES string of the molecule is Cc1c(C(C)(C)C)cc(C(O)C(CO)(CO)CO)cc1C(C)(C)C. The third-order valence-electron chi connectivity index (χ3n) is 4.89. The Morgan fingerprint density at radius 3 is 1.38 bits per heavy atom. The normalized spacial score (nSPS) is 14.8. The Hall–Kier alpha value is -0.940. The largest absolute Gasteiger partial charge is 0.395 e. The minimum atomic E-state index is -1.36. The maximum absolute atomic E-state index is 10.8. The number of hydrogen-bond donors (Lipinski definition) is 4. The van der Waals surface area contributed by atoms with E-state index in [0.29, 0.717) is 5.56 Å². The van der Waals surface area contributed by atoms with E-state index >= 15 is 0 Å². The van der Waals surface area contributed by atoms with Crippen molar-refractivity contribution in [1.29, 1.82) is 0 Å². The summed E-state index contributed by atoms with van der Waals surface area (Å²) >= 11 is 0. The molecule has 1 aromatic carbocycles. The van der Waals surface area contributed by atoms with E-state index in [1.807, 2.05) is 12.1 Å². The van der Waals surface area contributed by atoms with Crippen molar-refractivity contribution in [3.8, 4) is 0 Å². The highest BCUT2D eigenvalue weighted by Gasteiger charge is 2.39. The van der Waals surface area contributed by atoms with Crippen molar-refractivity contribution >= 4 is 0 Å². The molecule has 0 heterocycles. The lowest BCUT2D eigenvalue weighted by molar-refractivity contribution is -0.0852. The average Bonchev–Trinajstić information content (AvgIpc) is 2.47. The Balaban J connectivity index is 3.66. The van der Waals surface area contributed by atoms with Crippen LogP contribution in [0, 0.1) is 12.3 Å². The van der Waals surface area contributed by atoms with Gasteiger partial charge in [-0.2, -0.15) is 0 Å². The van der Waals surface area contributed by atoms with E-state index in [1.54, 1.807) is 0 Å². The molecule has 4 heteroatoms. The number of benzene rings is 1. The standard InChI is InChI=1S/C20H34O4/c1-13-15(18(2,3)4)8-14(9-16(13)19(5,6)7)17(24)20(10-21,11-22)12-23/h8-9,17,21-24H,10-12H2,1-7H3. The number of rotatable bonds is 5. The topological polar surface area (TPSA) is 80.9 Å². The molecule has 1 unspecified atom stereocenters. The summed E-state index contributed by atoms with van der Waals surface area (Å²) < 4.78 is 0. The molecule has 138 valence electrons. The molecule has 24 heavy (non-hydrogen) atoms. The first kappa shape index (κ1) is 21.1. The summed E-state index contributed by atoms with van der Waals surface area (Å²) in [7, 11) is 0. The Morgan fingerprint density at radius 2 is 1.12 bits per heavy atom. The van der Waals surface area contributed by atoms with Crippen molar-refractivity contribution in [2.45, 2.75) is 65.4 Å². The molecule has 0 fully saturated rings. The summed E-state index contributed by atoms with van der Waals surface area (Å²) in [5, 5.41) is 39.7. The molecular weight excluding hydrogens is 304 g/mol. The molecule has 0 aliphatic carbocycles. The maximum atomic E-state index is 10.8. The van der Waals surface area contributed by atoms with Crippen molar-refractivity contribution in [1.82, 2.24) is 0 Å². The van der Waals surface area contributed by atoms with Crippen LogP contribution in [0.2, 0.25) is 0 Å². The molecule has 0 aliphatic rings. The van der Waals surface area contributed by atoms with E-state index in [1.165, 1.54) is 5.56 Å². The van der Waals surface area contributed by atoms with E-state index in [2.05, 4.69) is 48.5 Å². The highest BCUT2D eigenvalue weighted by Crippen LogP contribution is 2.40. The molecule has 0 spiro atoms. The zero-order valence-electron chi connectivity index (χ0n) is 16.1. The van der Waals surface area contributed by atoms with Gasteiger partial charge in [-0.25, -0.2) is 0 Å². The highest BCUT2D eigenvalue weighted by atomic mass is 16.3.